The molecule has 2 N–H and O–H groups in total. The minimum absolute atomic E-state index is 0.171. The number of aliphatic hydroxyl groups is 2. The molecule has 0 aromatic rings. The Hall–Kier alpha value is -0.750. The number of hydrogen-bond acceptors (Lipinski definition) is 4. The first-order chi connectivity index (χ1) is 5.40. The van der Waals surface area contributed by atoms with E-state index in [9.17, 15) is 13.6 Å². The van der Waals surface area contributed by atoms with Crippen molar-refractivity contribution in [2.75, 3.05) is 6.61 Å². The van der Waals surface area contributed by atoms with Gasteiger partial charge < -0.3 is 14.9 Å². The zero-order valence-electron chi connectivity index (χ0n) is 6.46. The minimum atomic E-state index is -3.83. The van der Waals surface area contributed by atoms with Gasteiger partial charge in [0.2, 0.25) is 0 Å². The molecule has 0 atom stereocenters. The Morgan fingerprint density at radius 2 is 2.08 bits per heavy atom. The van der Waals surface area contributed by atoms with Crippen molar-refractivity contribution in [1.82, 2.24) is 0 Å². The lowest BCUT2D eigenvalue weighted by molar-refractivity contribution is -0.184. The molecule has 0 radical (unpaired) electrons. The van der Waals surface area contributed by atoms with E-state index in [-0.39, 0.29) is 6.61 Å². The Balaban J connectivity index is 4.09. The van der Waals surface area contributed by atoms with Gasteiger partial charge in [0, 0.05) is 0 Å². The molecule has 0 fully saturated rings. The van der Waals surface area contributed by atoms with Gasteiger partial charge in [0.1, 0.15) is 0 Å². The molecular weight excluding hydrogens is 174 g/mol. The third kappa shape index (κ3) is 3.59. The maximum absolute atomic E-state index is 12.5. The molecule has 4 nitrogen and oxygen atoms in total. The Kier molecular flexibility index (Phi) is 4.05. The molecule has 0 bridgehead atoms. The zero-order chi connectivity index (χ0) is 9.78. The summed E-state index contributed by atoms with van der Waals surface area (Å²) in [5.74, 6) is -5.57. The molecule has 12 heavy (non-hydrogen) atoms. The molecular formula is C6H10F2O4. The molecule has 0 unspecified atom stereocenters. The SMILES string of the molecule is CCOC(=O)C(F)(F)CC(O)O. The normalized spacial score (nSPS) is 11.8. The Bertz CT molecular complexity index is 158. The van der Waals surface area contributed by atoms with Crippen molar-refractivity contribution in [3.8, 4) is 0 Å². The third-order valence-electron chi connectivity index (χ3n) is 1.01. The number of carbonyl (C=O) groups is 1. The molecule has 0 rings (SSSR count). The molecule has 6 heteroatoms. The molecule has 0 aliphatic rings. The van der Waals surface area contributed by atoms with Crippen LogP contribution in [0, 0.1) is 0 Å². The van der Waals surface area contributed by atoms with Gasteiger partial charge in [-0.3, -0.25) is 0 Å². The Morgan fingerprint density at radius 1 is 1.58 bits per heavy atom. The van der Waals surface area contributed by atoms with Gasteiger partial charge in [-0.1, -0.05) is 0 Å². The van der Waals surface area contributed by atoms with Crippen molar-refractivity contribution in [1.29, 1.82) is 0 Å². The zero-order valence-corrected chi connectivity index (χ0v) is 6.46. The summed E-state index contributed by atoms with van der Waals surface area (Å²) in [5, 5.41) is 16.3. The number of hydrogen-bond donors (Lipinski definition) is 2. The summed E-state index contributed by atoms with van der Waals surface area (Å²) in [6.07, 6.45) is -3.56. The number of esters is 1. The van der Waals surface area contributed by atoms with Crippen molar-refractivity contribution in [2.45, 2.75) is 25.6 Å². The quantitative estimate of drug-likeness (QED) is 0.472. The third-order valence-corrected chi connectivity index (χ3v) is 1.01. The summed E-state index contributed by atoms with van der Waals surface area (Å²) >= 11 is 0. The van der Waals surface area contributed by atoms with Gasteiger partial charge in [0.15, 0.2) is 6.29 Å². The molecule has 0 amide bonds. The number of alkyl halides is 2. The van der Waals surface area contributed by atoms with Gasteiger partial charge in [-0.05, 0) is 6.92 Å². The first kappa shape index (κ1) is 11.2. The fraction of sp³-hybridized carbons (Fsp3) is 0.833. The van der Waals surface area contributed by atoms with Crippen molar-refractivity contribution in [2.24, 2.45) is 0 Å². The van der Waals surface area contributed by atoms with Crippen LogP contribution in [0.5, 0.6) is 0 Å². The smallest absolute Gasteiger partial charge is 0.377 e. The van der Waals surface area contributed by atoms with Crippen molar-refractivity contribution >= 4 is 5.97 Å². The van der Waals surface area contributed by atoms with Crippen LogP contribution in [0.25, 0.3) is 0 Å². The van der Waals surface area contributed by atoms with Gasteiger partial charge in [-0.2, -0.15) is 8.78 Å². The van der Waals surface area contributed by atoms with Gasteiger partial charge in [0.05, 0.1) is 13.0 Å². The number of carbonyl (C=O) groups excluding carboxylic acids is 1. The minimum Gasteiger partial charge on any atom is -0.462 e. The number of halogens is 2. The monoisotopic (exact) mass is 184 g/mol. The molecule has 0 aliphatic heterocycles. The molecule has 0 aromatic heterocycles. The van der Waals surface area contributed by atoms with Crippen LogP contribution in [0.15, 0.2) is 0 Å². The predicted octanol–water partition coefficient (Wildman–Crippen LogP) is -0.114. The maximum atomic E-state index is 12.5. The number of ether oxygens (including phenoxy) is 1. The molecule has 0 spiro atoms. The lowest BCUT2D eigenvalue weighted by Crippen LogP contribution is -2.34. The maximum Gasteiger partial charge on any atom is 0.377 e. The average molecular weight is 184 g/mol. The highest BCUT2D eigenvalue weighted by molar-refractivity contribution is 5.77. The van der Waals surface area contributed by atoms with Crippen LogP contribution in [-0.4, -0.2) is 35.0 Å². The predicted molar refractivity (Wildman–Crippen MR) is 34.4 cm³/mol. The molecule has 0 saturated heterocycles. The second-order valence-electron chi connectivity index (χ2n) is 2.11. The van der Waals surface area contributed by atoms with Crippen LogP contribution >= 0.6 is 0 Å². The van der Waals surface area contributed by atoms with Gasteiger partial charge in [-0.25, -0.2) is 4.79 Å². The summed E-state index contributed by atoms with van der Waals surface area (Å²) in [4.78, 5) is 10.4. The first-order valence-corrected chi connectivity index (χ1v) is 3.31. The van der Waals surface area contributed by atoms with Crippen LogP contribution in [0.4, 0.5) is 8.78 Å². The summed E-state index contributed by atoms with van der Waals surface area (Å²) in [6.45, 7) is 1.21. The molecule has 0 heterocycles. The number of aliphatic hydroxyl groups excluding tert-OH is 1. The van der Waals surface area contributed by atoms with Crippen LogP contribution in [0.3, 0.4) is 0 Å². The molecule has 72 valence electrons. The summed E-state index contributed by atoms with van der Waals surface area (Å²) in [5.41, 5.74) is 0. The topological polar surface area (TPSA) is 66.8 Å². The van der Waals surface area contributed by atoms with Crippen LogP contribution < -0.4 is 0 Å². The Labute approximate surface area is 67.8 Å². The highest BCUT2D eigenvalue weighted by atomic mass is 19.3. The van der Waals surface area contributed by atoms with Gasteiger partial charge >= 0.3 is 11.9 Å². The van der Waals surface area contributed by atoms with E-state index in [2.05, 4.69) is 4.74 Å². The Morgan fingerprint density at radius 3 is 2.42 bits per heavy atom. The summed E-state index contributed by atoms with van der Waals surface area (Å²) in [6, 6.07) is 0. The van der Waals surface area contributed by atoms with Crippen molar-refractivity contribution in [3.63, 3.8) is 0 Å². The van der Waals surface area contributed by atoms with E-state index in [1.54, 1.807) is 0 Å². The summed E-state index contributed by atoms with van der Waals surface area (Å²) in [7, 11) is 0. The molecule has 0 saturated carbocycles. The van der Waals surface area contributed by atoms with Crippen LogP contribution in [0.1, 0.15) is 13.3 Å². The van der Waals surface area contributed by atoms with E-state index >= 15 is 0 Å². The largest absolute Gasteiger partial charge is 0.462 e. The molecule has 0 aliphatic carbocycles. The van der Waals surface area contributed by atoms with E-state index in [0.29, 0.717) is 0 Å². The fourth-order valence-corrected chi connectivity index (χ4v) is 0.549. The summed E-state index contributed by atoms with van der Waals surface area (Å²) < 4.78 is 28.9. The van der Waals surface area contributed by atoms with Crippen LogP contribution in [-0.2, 0) is 9.53 Å². The standard InChI is InChI=1S/C6H10F2O4/c1-2-12-5(11)6(7,8)3-4(9)10/h4,9-10H,2-3H2,1H3. The molecule has 0 aromatic carbocycles. The number of rotatable bonds is 4. The van der Waals surface area contributed by atoms with Gasteiger partial charge in [0.25, 0.3) is 0 Å². The second-order valence-corrected chi connectivity index (χ2v) is 2.11. The lowest BCUT2D eigenvalue weighted by Gasteiger charge is -2.14. The van der Waals surface area contributed by atoms with Crippen molar-refractivity contribution in [3.05, 3.63) is 0 Å². The van der Waals surface area contributed by atoms with E-state index in [1.807, 2.05) is 0 Å². The van der Waals surface area contributed by atoms with Crippen LogP contribution in [0.2, 0.25) is 0 Å². The van der Waals surface area contributed by atoms with Crippen molar-refractivity contribution < 1.29 is 28.5 Å². The van der Waals surface area contributed by atoms with E-state index < -0.39 is 24.6 Å². The van der Waals surface area contributed by atoms with E-state index in [0.717, 1.165) is 0 Å². The second kappa shape index (κ2) is 4.32. The van der Waals surface area contributed by atoms with E-state index in [1.165, 1.54) is 6.92 Å². The highest BCUT2D eigenvalue weighted by Gasteiger charge is 2.42. The fourth-order valence-electron chi connectivity index (χ4n) is 0.549. The highest BCUT2D eigenvalue weighted by Crippen LogP contribution is 2.21. The van der Waals surface area contributed by atoms with Gasteiger partial charge in [-0.15, -0.1) is 0 Å². The first-order valence-electron chi connectivity index (χ1n) is 3.31. The van der Waals surface area contributed by atoms with E-state index in [4.69, 9.17) is 10.2 Å². The average Bonchev–Trinajstić information content (AvgIpc) is 1.85. The lowest BCUT2D eigenvalue weighted by atomic mass is 10.2.